The third kappa shape index (κ3) is 6.06. The SMILES string of the molecule is CC(C)CN(CC(=O)N(Cc1ccccc1)Cc1cccs1)C(=O)c1ccco1. The largest absolute Gasteiger partial charge is 0.459 e. The van der Waals surface area contributed by atoms with Crippen LogP contribution in [0.4, 0.5) is 0 Å². The van der Waals surface area contributed by atoms with Crippen molar-refractivity contribution in [3.8, 4) is 0 Å². The van der Waals surface area contributed by atoms with Gasteiger partial charge < -0.3 is 14.2 Å². The average molecular weight is 411 g/mol. The Balaban J connectivity index is 1.77. The molecular weight excluding hydrogens is 384 g/mol. The number of carbonyl (C=O) groups is 2. The van der Waals surface area contributed by atoms with E-state index in [1.807, 2.05) is 66.6 Å². The molecule has 0 saturated carbocycles. The molecule has 0 aliphatic heterocycles. The van der Waals surface area contributed by atoms with E-state index < -0.39 is 0 Å². The van der Waals surface area contributed by atoms with Crippen molar-refractivity contribution in [2.45, 2.75) is 26.9 Å². The first-order chi connectivity index (χ1) is 14.0. The van der Waals surface area contributed by atoms with Crippen LogP contribution in [-0.2, 0) is 17.9 Å². The van der Waals surface area contributed by atoms with Gasteiger partial charge in [0.1, 0.15) is 6.54 Å². The molecule has 0 atom stereocenters. The van der Waals surface area contributed by atoms with Gasteiger partial charge in [-0.1, -0.05) is 50.2 Å². The van der Waals surface area contributed by atoms with Gasteiger partial charge in [-0.15, -0.1) is 11.3 Å². The lowest BCUT2D eigenvalue weighted by Crippen LogP contribution is -2.43. The molecule has 2 heterocycles. The van der Waals surface area contributed by atoms with Crippen molar-refractivity contribution in [2.24, 2.45) is 5.92 Å². The summed E-state index contributed by atoms with van der Waals surface area (Å²) in [5, 5.41) is 2.01. The van der Waals surface area contributed by atoms with Crippen LogP contribution in [0.15, 0.2) is 70.7 Å². The van der Waals surface area contributed by atoms with Crippen molar-refractivity contribution in [1.29, 1.82) is 0 Å². The molecule has 0 spiro atoms. The van der Waals surface area contributed by atoms with Gasteiger partial charge in [0, 0.05) is 18.0 Å². The molecule has 2 aromatic heterocycles. The predicted octanol–water partition coefficient (Wildman–Crippen LogP) is 4.67. The van der Waals surface area contributed by atoms with Gasteiger partial charge in [0.25, 0.3) is 5.91 Å². The van der Waals surface area contributed by atoms with Crippen LogP contribution in [0.1, 0.15) is 34.8 Å². The highest BCUT2D eigenvalue weighted by Gasteiger charge is 2.25. The fourth-order valence-electron chi connectivity index (χ4n) is 3.11. The van der Waals surface area contributed by atoms with Crippen LogP contribution < -0.4 is 0 Å². The number of furan rings is 1. The summed E-state index contributed by atoms with van der Waals surface area (Å²) in [6.07, 6.45) is 1.47. The molecule has 3 aromatic rings. The maximum atomic E-state index is 13.2. The van der Waals surface area contributed by atoms with Crippen LogP contribution in [0.25, 0.3) is 0 Å². The smallest absolute Gasteiger partial charge is 0.290 e. The summed E-state index contributed by atoms with van der Waals surface area (Å²) < 4.78 is 5.27. The van der Waals surface area contributed by atoms with E-state index in [1.54, 1.807) is 28.4 Å². The van der Waals surface area contributed by atoms with Crippen molar-refractivity contribution in [3.05, 3.63) is 82.4 Å². The Morgan fingerprint density at radius 2 is 1.76 bits per heavy atom. The average Bonchev–Trinajstić information content (AvgIpc) is 3.41. The molecule has 5 nitrogen and oxygen atoms in total. The molecule has 29 heavy (non-hydrogen) atoms. The van der Waals surface area contributed by atoms with E-state index in [9.17, 15) is 9.59 Å². The monoisotopic (exact) mass is 410 g/mol. The third-order valence-electron chi connectivity index (χ3n) is 4.43. The molecule has 1 aromatic carbocycles. The van der Waals surface area contributed by atoms with Crippen LogP contribution in [0.2, 0.25) is 0 Å². The van der Waals surface area contributed by atoms with E-state index >= 15 is 0 Å². The lowest BCUT2D eigenvalue weighted by atomic mass is 10.2. The first-order valence-corrected chi connectivity index (χ1v) is 10.6. The normalized spacial score (nSPS) is 10.9. The number of amides is 2. The Morgan fingerprint density at radius 1 is 0.966 bits per heavy atom. The zero-order valence-corrected chi connectivity index (χ0v) is 17.6. The molecule has 0 N–H and O–H groups in total. The first-order valence-electron chi connectivity index (χ1n) is 9.70. The lowest BCUT2D eigenvalue weighted by molar-refractivity contribution is -0.133. The quantitative estimate of drug-likeness (QED) is 0.515. The molecular formula is C23H26N2O3S. The van der Waals surface area contributed by atoms with E-state index in [0.717, 1.165) is 10.4 Å². The van der Waals surface area contributed by atoms with Crippen molar-refractivity contribution >= 4 is 23.2 Å². The van der Waals surface area contributed by atoms with Crippen LogP contribution in [0.3, 0.4) is 0 Å². The molecule has 0 saturated heterocycles. The Bertz CT molecular complexity index is 890. The van der Waals surface area contributed by atoms with E-state index in [0.29, 0.717) is 19.6 Å². The van der Waals surface area contributed by atoms with Crippen LogP contribution in [-0.4, -0.2) is 34.7 Å². The zero-order chi connectivity index (χ0) is 20.6. The summed E-state index contributed by atoms with van der Waals surface area (Å²) in [6.45, 7) is 5.60. The fourth-order valence-corrected chi connectivity index (χ4v) is 3.83. The second kappa shape index (κ2) is 10.1. The Kier molecular flexibility index (Phi) is 7.25. The number of hydrogen-bond donors (Lipinski definition) is 0. The zero-order valence-electron chi connectivity index (χ0n) is 16.8. The van der Waals surface area contributed by atoms with Crippen LogP contribution in [0.5, 0.6) is 0 Å². The van der Waals surface area contributed by atoms with Gasteiger partial charge in [-0.25, -0.2) is 0 Å². The minimum absolute atomic E-state index is 0.0237. The van der Waals surface area contributed by atoms with Crippen molar-refractivity contribution in [1.82, 2.24) is 9.80 Å². The van der Waals surface area contributed by atoms with Gasteiger partial charge in [-0.3, -0.25) is 9.59 Å². The molecule has 0 aliphatic rings. The number of benzene rings is 1. The van der Waals surface area contributed by atoms with Crippen LogP contribution >= 0.6 is 11.3 Å². The molecule has 152 valence electrons. The third-order valence-corrected chi connectivity index (χ3v) is 5.29. The van der Waals surface area contributed by atoms with E-state index in [4.69, 9.17) is 4.42 Å². The van der Waals surface area contributed by atoms with Crippen molar-refractivity contribution in [2.75, 3.05) is 13.1 Å². The topological polar surface area (TPSA) is 53.8 Å². The highest BCUT2D eigenvalue weighted by Crippen LogP contribution is 2.16. The summed E-state index contributed by atoms with van der Waals surface area (Å²) in [7, 11) is 0. The summed E-state index contributed by atoms with van der Waals surface area (Å²) in [4.78, 5) is 30.6. The second-order valence-corrected chi connectivity index (χ2v) is 8.40. The summed E-state index contributed by atoms with van der Waals surface area (Å²) in [5.41, 5.74) is 1.06. The first kappa shape index (κ1) is 20.9. The Labute approximate surface area is 175 Å². The molecule has 0 unspecified atom stereocenters. The number of thiophene rings is 1. The molecule has 3 rings (SSSR count). The van der Waals surface area contributed by atoms with Crippen molar-refractivity contribution in [3.63, 3.8) is 0 Å². The number of hydrogen-bond acceptors (Lipinski definition) is 4. The summed E-state index contributed by atoms with van der Waals surface area (Å²) in [6, 6.07) is 17.2. The van der Waals surface area contributed by atoms with E-state index in [1.165, 1.54) is 6.26 Å². The standard InChI is InChI=1S/C23H26N2O3S/c1-18(2)14-25(23(27)21-11-6-12-28-21)17-22(26)24(16-20-10-7-13-29-20)15-19-8-4-3-5-9-19/h3-13,18H,14-17H2,1-2H3. The van der Waals surface area contributed by atoms with Gasteiger partial charge in [0.05, 0.1) is 12.8 Å². The van der Waals surface area contributed by atoms with Gasteiger partial charge in [-0.05, 0) is 35.1 Å². The van der Waals surface area contributed by atoms with E-state index in [2.05, 4.69) is 0 Å². The highest BCUT2D eigenvalue weighted by molar-refractivity contribution is 7.09. The van der Waals surface area contributed by atoms with Gasteiger partial charge in [-0.2, -0.15) is 0 Å². The number of carbonyl (C=O) groups excluding carboxylic acids is 2. The van der Waals surface area contributed by atoms with Crippen molar-refractivity contribution < 1.29 is 14.0 Å². The minimum atomic E-state index is -0.257. The van der Waals surface area contributed by atoms with E-state index in [-0.39, 0.29) is 30.0 Å². The van der Waals surface area contributed by atoms with Gasteiger partial charge >= 0.3 is 0 Å². The summed E-state index contributed by atoms with van der Waals surface area (Å²) in [5.74, 6) is 0.156. The molecule has 0 bridgehead atoms. The summed E-state index contributed by atoms with van der Waals surface area (Å²) >= 11 is 1.62. The predicted molar refractivity (Wildman–Crippen MR) is 114 cm³/mol. The number of rotatable bonds is 9. The maximum Gasteiger partial charge on any atom is 0.290 e. The highest BCUT2D eigenvalue weighted by atomic mass is 32.1. The Morgan fingerprint density at radius 3 is 2.38 bits per heavy atom. The number of nitrogens with zero attached hydrogens (tertiary/aromatic N) is 2. The second-order valence-electron chi connectivity index (χ2n) is 7.37. The fraction of sp³-hybridized carbons (Fsp3) is 0.304. The van der Waals surface area contributed by atoms with Crippen LogP contribution in [0, 0.1) is 5.92 Å². The molecule has 2 amide bonds. The molecule has 0 aliphatic carbocycles. The lowest BCUT2D eigenvalue weighted by Gasteiger charge is -2.28. The molecule has 0 radical (unpaired) electrons. The van der Waals surface area contributed by atoms with Gasteiger partial charge in [0.2, 0.25) is 5.91 Å². The molecule has 0 fully saturated rings. The Hall–Kier alpha value is -2.86. The molecule has 6 heteroatoms. The minimum Gasteiger partial charge on any atom is -0.459 e. The van der Waals surface area contributed by atoms with Gasteiger partial charge in [0.15, 0.2) is 5.76 Å². The maximum absolute atomic E-state index is 13.2.